The van der Waals surface area contributed by atoms with Gasteiger partial charge >= 0.3 is 0 Å². The normalized spacial score (nSPS) is 26.2. The van der Waals surface area contributed by atoms with Gasteiger partial charge in [0.25, 0.3) is 0 Å². The van der Waals surface area contributed by atoms with E-state index >= 15 is 0 Å². The molecule has 6 nitrogen and oxygen atoms in total. The molecule has 2 aliphatic rings. The molecule has 110 valence electrons. The number of aryl methyl sites for hydroxylation is 1. The van der Waals surface area contributed by atoms with E-state index in [1.165, 1.54) is 12.8 Å². The van der Waals surface area contributed by atoms with Crippen molar-refractivity contribution in [3.8, 4) is 0 Å². The van der Waals surface area contributed by atoms with Gasteiger partial charge in [0.05, 0.1) is 6.61 Å². The van der Waals surface area contributed by atoms with Crippen LogP contribution >= 0.6 is 0 Å². The molecular weight excluding hydrogens is 256 g/mol. The van der Waals surface area contributed by atoms with E-state index in [4.69, 9.17) is 4.74 Å². The topological polar surface area (TPSA) is 71.1 Å². The highest BCUT2D eigenvalue weighted by Crippen LogP contribution is 2.36. The summed E-state index contributed by atoms with van der Waals surface area (Å²) in [6.07, 6.45) is 3.13. The average Bonchev–Trinajstić information content (AvgIpc) is 2.96. The Morgan fingerprint density at radius 1 is 1.45 bits per heavy atom. The molecule has 2 atom stereocenters. The largest absolute Gasteiger partial charge is 0.384 e. The monoisotopic (exact) mass is 278 g/mol. The Labute approximate surface area is 118 Å². The fourth-order valence-corrected chi connectivity index (χ4v) is 2.97. The van der Waals surface area contributed by atoms with Crippen LogP contribution in [0.25, 0.3) is 0 Å². The lowest BCUT2D eigenvalue weighted by Crippen LogP contribution is -2.29. The molecule has 1 aliphatic carbocycles. The number of H-pyrrole nitrogens is 1. The van der Waals surface area contributed by atoms with Crippen LogP contribution in [0.1, 0.15) is 36.8 Å². The van der Waals surface area contributed by atoms with Crippen molar-refractivity contribution in [3.63, 3.8) is 0 Å². The average molecular weight is 278 g/mol. The van der Waals surface area contributed by atoms with Crippen LogP contribution in [0.5, 0.6) is 0 Å². The van der Waals surface area contributed by atoms with E-state index in [-0.39, 0.29) is 11.8 Å². The maximum Gasteiger partial charge on any atom is 0.222 e. The number of aromatic nitrogens is 3. The highest BCUT2D eigenvalue weighted by Gasteiger charge is 2.39. The highest BCUT2D eigenvalue weighted by molar-refractivity contribution is 5.77. The van der Waals surface area contributed by atoms with E-state index in [1.54, 1.807) is 7.11 Å². The quantitative estimate of drug-likeness (QED) is 0.875. The van der Waals surface area contributed by atoms with E-state index in [0.717, 1.165) is 24.7 Å². The molecule has 1 aromatic heterocycles. The molecule has 1 saturated heterocycles. The third kappa shape index (κ3) is 2.85. The van der Waals surface area contributed by atoms with Crippen molar-refractivity contribution in [2.24, 2.45) is 11.8 Å². The van der Waals surface area contributed by atoms with Gasteiger partial charge in [0.2, 0.25) is 5.91 Å². The maximum absolute atomic E-state index is 12.3. The van der Waals surface area contributed by atoms with Gasteiger partial charge in [-0.15, -0.1) is 0 Å². The van der Waals surface area contributed by atoms with Gasteiger partial charge in [0, 0.05) is 38.5 Å². The van der Waals surface area contributed by atoms with Crippen LogP contribution in [0.15, 0.2) is 0 Å². The number of amides is 1. The first-order chi connectivity index (χ1) is 9.67. The molecule has 2 heterocycles. The number of ether oxygens (including phenoxy) is 1. The van der Waals surface area contributed by atoms with Gasteiger partial charge < -0.3 is 9.64 Å². The summed E-state index contributed by atoms with van der Waals surface area (Å²) in [4.78, 5) is 18.7. The number of hydrogen-bond donors (Lipinski definition) is 1. The Kier molecular flexibility index (Phi) is 3.74. The fraction of sp³-hybridized carbons (Fsp3) is 0.786. The summed E-state index contributed by atoms with van der Waals surface area (Å²) in [5, 5.41) is 7.16. The summed E-state index contributed by atoms with van der Waals surface area (Å²) < 4.78 is 5.30. The minimum Gasteiger partial charge on any atom is -0.384 e. The lowest BCUT2D eigenvalue weighted by atomic mass is 9.96. The number of rotatable bonds is 5. The summed E-state index contributed by atoms with van der Waals surface area (Å²) in [6.45, 7) is 4.02. The standard InChI is InChI=1S/C14H22N4O2/c1-9-15-14(17-16-9)12-7-18(6-11(12)8-20-2)13(19)5-10-3-4-10/h10-12H,3-8H2,1-2H3,(H,15,16,17)/t11-,12+/m0/s1. The third-order valence-electron chi connectivity index (χ3n) is 4.28. The number of carbonyl (C=O) groups is 1. The van der Waals surface area contributed by atoms with Crippen molar-refractivity contribution in [1.29, 1.82) is 0 Å². The molecule has 0 unspecified atom stereocenters. The molecule has 2 fully saturated rings. The molecule has 6 heteroatoms. The van der Waals surface area contributed by atoms with Gasteiger partial charge in [-0.05, 0) is 25.7 Å². The van der Waals surface area contributed by atoms with Crippen LogP contribution in [-0.4, -0.2) is 52.8 Å². The Balaban J connectivity index is 1.69. The van der Waals surface area contributed by atoms with Gasteiger partial charge in [-0.3, -0.25) is 9.89 Å². The van der Waals surface area contributed by atoms with E-state index in [1.807, 2.05) is 11.8 Å². The molecule has 1 N–H and O–H groups in total. The fourth-order valence-electron chi connectivity index (χ4n) is 2.97. The Bertz CT molecular complexity index is 483. The van der Waals surface area contributed by atoms with Crippen LogP contribution in [0.3, 0.4) is 0 Å². The van der Waals surface area contributed by atoms with Gasteiger partial charge in [0.1, 0.15) is 5.82 Å². The molecule has 3 rings (SSSR count). The Morgan fingerprint density at radius 2 is 2.25 bits per heavy atom. The van der Waals surface area contributed by atoms with Crippen molar-refractivity contribution >= 4 is 5.91 Å². The van der Waals surface area contributed by atoms with Crippen LogP contribution in [0.4, 0.5) is 0 Å². The summed E-state index contributed by atoms with van der Waals surface area (Å²) in [5.41, 5.74) is 0. The van der Waals surface area contributed by atoms with Crippen LogP contribution < -0.4 is 0 Å². The van der Waals surface area contributed by atoms with Crippen molar-refractivity contribution in [1.82, 2.24) is 20.1 Å². The molecule has 1 aliphatic heterocycles. The number of nitrogens with zero attached hydrogens (tertiary/aromatic N) is 3. The second kappa shape index (κ2) is 5.52. The molecule has 0 bridgehead atoms. The number of likely N-dealkylation sites (tertiary alicyclic amines) is 1. The number of nitrogens with one attached hydrogen (secondary N) is 1. The van der Waals surface area contributed by atoms with Crippen LogP contribution in [0.2, 0.25) is 0 Å². The van der Waals surface area contributed by atoms with Gasteiger partial charge in [-0.25, -0.2) is 4.98 Å². The minimum atomic E-state index is 0.183. The molecule has 1 aromatic rings. The minimum absolute atomic E-state index is 0.183. The summed E-state index contributed by atoms with van der Waals surface area (Å²) in [7, 11) is 1.70. The van der Waals surface area contributed by atoms with Crippen LogP contribution in [0, 0.1) is 18.8 Å². The predicted molar refractivity (Wildman–Crippen MR) is 73.1 cm³/mol. The molecule has 1 saturated carbocycles. The highest BCUT2D eigenvalue weighted by atomic mass is 16.5. The summed E-state index contributed by atoms with van der Waals surface area (Å²) in [5.74, 6) is 3.02. The second-order valence-corrected chi connectivity index (χ2v) is 6.05. The van der Waals surface area contributed by atoms with Gasteiger partial charge in [-0.2, -0.15) is 5.10 Å². The number of hydrogen-bond acceptors (Lipinski definition) is 4. The molecule has 0 spiro atoms. The molecular formula is C14H22N4O2. The van der Waals surface area contributed by atoms with E-state index < -0.39 is 0 Å². The Morgan fingerprint density at radius 3 is 2.85 bits per heavy atom. The number of methoxy groups -OCH3 is 1. The first kappa shape index (κ1) is 13.5. The first-order valence-corrected chi connectivity index (χ1v) is 7.33. The molecule has 0 aromatic carbocycles. The smallest absolute Gasteiger partial charge is 0.222 e. The lowest BCUT2D eigenvalue weighted by Gasteiger charge is -2.15. The molecule has 0 radical (unpaired) electrons. The Hall–Kier alpha value is -1.43. The molecule has 1 amide bonds. The van der Waals surface area contributed by atoms with Crippen molar-refractivity contribution in [3.05, 3.63) is 11.6 Å². The van der Waals surface area contributed by atoms with Crippen molar-refractivity contribution in [2.45, 2.75) is 32.1 Å². The predicted octanol–water partition coefficient (Wildman–Crippen LogP) is 1.10. The SMILES string of the molecule is COC[C@@H]1CN(C(=O)CC2CC2)C[C@H]1c1n[nH]c(C)n1. The van der Waals surface area contributed by atoms with Gasteiger partial charge in [0.15, 0.2) is 5.82 Å². The van der Waals surface area contributed by atoms with Gasteiger partial charge in [-0.1, -0.05) is 0 Å². The zero-order chi connectivity index (χ0) is 14.1. The third-order valence-corrected chi connectivity index (χ3v) is 4.28. The number of carbonyl (C=O) groups excluding carboxylic acids is 1. The van der Waals surface area contributed by atoms with Crippen molar-refractivity contribution < 1.29 is 9.53 Å². The van der Waals surface area contributed by atoms with Crippen LogP contribution in [-0.2, 0) is 9.53 Å². The van der Waals surface area contributed by atoms with E-state index in [0.29, 0.717) is 24.9 Å². The number of aromatic amines is 1. The molecule has 20 heavy (non-hydrogen) atoms. The summed E-state index contributed by atoms with van der Waals surface area (Å²) >= 11 is 0. The lowest BCUT2D eigenvalue weighted by molar-refractivity contribution is -0.130. The van der Waals surface area contributed by atoms with Crippen molar-refractivity contribution in [2.75, 3.05) is 26.8 Å². The van der Waals surface area contributed by atoms with E-state index in [9.17, 15) is 4.79 Å². The second-order valence-electron chi connectivity index (χ2n) is 6.05. The maximum atomic E-state index is 12.3. The van der Waals surface area contributed by atoms with E-state index in [2.05, 4.69) is 15.2 Å². The zero-order valence-corrected chi connectivity index (χ0v) is 12.1. The zero-order valence-electron chi connectivity index (χ0n) is 12.1. The summed E-state index contributed by atoms with van der Waals surface area (Å²) in [6, 6.07) is 0. The first-order valence-electron chi connectivity index (χ1n) is 7.33.